The second-order valence-electron chi connectivity index (χ2n) is 4.78. The van der Waals surface area contributed by atoms with Crippen LogP contribution in [0.3, 0.4) is 0 Å². The summed E-state index contributed by atoms with van der Waals surface area (Å²) in [7, 11) is 0. The topological polar surface area (TPSA) is 61.3 Å². The third kappa shape index (κ3) is 2.13. The lowest BCUT2D eigenvalue weighted by Gasteiger charge is -2.16. The molecule has 2 N–H and O–H groups in total. The minimum absolute atomic E-state index is 0.0360. The Labute approximate surface area is 96.2 Å². The minimum atomic E-state index is -0.0360. The molecule has 0 spiro atoms. The average Bonchev–Trinajstić information content (AvgIpc) is 2.84. The molecule has 1 aliphatic rings. The van der Waals surface area contributed by atoms with Crippen LogP contribution in [0.4, 0.5) is 0 Å². The lowest BCUT2D eigenvalue weighted by molar-refractivity contribution is 0.172. The number of rotatable bonds is 4. The third-order valence-corrected chi connectivity index (χ3v) is 3.24. The Morgan fingerprint density at radius 1 is 1.50 bits per heavy atom. The van der Waals surface area contributed by atoms with Crippen molar-refractivity contribution in [2.24, 2.45) is 5.73 Å². The van der Waals surface area contributed by atoms with Gasteiger partial charge in [0.25, 0.3) is 0 Å². The summed E-state index contributed by atoms with van der Waals surface area (Å²) in [5.74, 6) is 1.81. The van der Waals surface area contributed by atoms with Crippen molar-refractivity contribution < 1.29 is 9.15 Å². The molecule has 90 valence electrons. The van der Waals surface area contributed by atoms with Gasteiger partial charge in [0, 0.05) is 13.0 Å². The summed E-state index contributed by atoms with van der Waals surface area (Å²) in [4.78, 5) is 4.53. The van der Waals surface area contributed by atoms with Crippen LogP contribution in [0.2, 0.25) is 0 Å². The lowest BCUT2D eigenvalue weighted by atomic mass is 9.90. The number of nitrogens with two attached hydrogens (primary N) is 1. The minimum Gasteiger partial charge on any atom is -0.445 e. The molecule has 1 atom stereocenters. The number of nitrogens with zero attached hydrogens (tertiary/aromatic N) is 1. The molecule has 2 rings (SSSR count). The van der Waals surface area contributed by atoms with Crippen LogP contribution in [0, 0.1) is 6.92 Å². The largest absolute Gasteiger partial charge is 0.445 e. The number of aryl methyl sites for hydroxylation is 2. The van der Waals surface area contributed by atoms with Gasteiger partial charge in [0.1, 0.15) is 5.76 Å². The standard InChI is InChI=1S/C12H20N2O2/c1-9-10(4-3-6-13)16-11(14-9)12(2)5-7-15-8-12/h3-8,13H2,1-2H3. The Balaban J connectivity index is 2.16. The van der Waals surface area contributed by atoms with Crippen molar-refractivity contribution in [1.82, 2.24) is 4.98 Å². The van der Waals surface area contributed by atoms with Crippen LogP contribution < -0.4 is 5.73 Å². The highest BCUT2D eigenvalue weighted by Gasteiger charge is 2.36. The van der Waals surface area contributed by atoms with Crippen molar-refractivity contribution in [2.45, 2.75) is 38.5 Å². The predicted octanol–water partition coefficient (Wildman–Crippen LogP) is 1.55. The molecule has 0 saturated carbocycles. The number of hydrogen-bond donors (Lipinski definition) is 1. The highest BCUT2D eigenvalue weighted by molar-refractivity contribution is 5.14. The lowest BCUT2D eigenvalue weighted by Crippen LogP contribution is -2.22. The van der Waals surface area contributed by atoms with E-state index >= 15 is 0 Å². The first-order chi connectivity index (χ1) is 7.65. The van der Waals surface area contributed by atoms with Crippen LogP contribution in [0.5, 0.6) is 0 Å². The summed E-state index contributed by atoms with van der Waals surface area (Å²) >= 11 is 0. The Bertz CT molecular complexity index is 354. The van der Waals surface area contributed by atoms with E-state index in [-0.39, 0.29) is 5.41 Å². The highest BCUT2D eigenvalue weighted by atomic mass is 16.5. The zero-order valence-electron chi connectivity index (χ0n) is 10.1. The molecule has 1 aromatic heterocycles. The number of hydrogen-bond acceptors (Lipinski definition) is 4. The van der Waals surface area contributed by atoms with Crippen LogP contribution in [-0.2, 0) is 16.6 Å². The fourth-order valence-electron chi connectivity index (χ4n) is 2.02. The molecule has 0 bridgehead atoms. The monoisotopic (exact) mass is 224 g/mol. The average molecular weight is 224 g/mol. The van der Waals surface area contributed by atoms with Crippen molar-refractivity contribution in [2.75, 3.05) is 19.8 Å². The summed E-state index contributed by atoms with van der Waals surface area (Å²) in [6.45, 7) is 6.35. The van der Waals surface area contributed by atoms with Crippen LogP contribution in [0.15, 0.2) is 4.42 Å². The normalized spacial score (nSPS) is 25.2. The van der Waals surface area contributed by atoms with Gasteiger partial charge in [-0.2, -0.15) is 0 Å². The van der Waals surface area contributed by atoms with Crippen LogP contribution in [0.25, 0.3) is 0 Å². The predicted molar refractivity (Wildman–Crippen MR) is 61.4 cm³/mol. The van der Waals surface area contributed by atoms with Gasteiger partial charge in [-0.05, 0) is 33.2 Å². The quantitative estimate of drug-likeness (QED) is 0.843. The van der Waals surface area contributed by atoms with E-state index in [1.807, 2.05) is 6.92 Å². The van der Waals surface area contributed by atoms with E-state index in [2.05, 4.69) is 11.9 Å². The molecule has 1 aliphatic heterocycles. The fraction of sp³-hybridized carbons (Fsp3) is 0.750. The molecule has 2 heterocycles. The van der Waals surface area contributed by atoms with Gasteiger partial charge >= 0.3 is 0 Å². The Morgan fingerprint density at radius 2 is 2.31 bits per heavy atom. The molecular formula is C12H20N2O2. The summed E-state index contributed by atoms with van der Waals surface area (Å²) in [5.41, 5.74) is 6.46. The van der Waals surface area contributed by atoms with Gasteiger partial charge in [-0.3, -0.25) is 0 Å². The smallest absolute Gasteiger partial charge is 0.202 e. The first-order valence-electron chi connectivity index (χ1n) is 5.90. The molecule has 16 heavy (non-hydrogen) atoms. The van der Waals surface area contributed by atoms with E-state index in [1.54, 1.807) is 0 Å². The van der Waals surface area contributed by atoms with Gasteiger partial charge in [0.05, 0.1) is 17.7 Å². The summed E-state index contributed by atoms with van der Waals surface area (Å²) in [6.07, 6.45) is 2.82. The maximum atomic E-state index is 5.86. The molecule has 1 aromatic rings. The van der Waals surface area contributed by atoms with Gasteiger partial charge < -0.3 is 14.9 Å². The maximum absolute atomic E-state index is 5.86. The molecule has 0 amide bonds. The molecule has 0 aliphatic carbocycles. The molecule has 0 aromatic carbocycles. The summed E-state index contributed by atoms with van der Waals surface area (Å²) in [5, 5.41) is 0. The SMILES string of the molecule is Cc1nc(C2(C)CCOC2)oc1CCCN. The second kappa shape index (κ2) is 4.55. The van der Waals surface area contributed by atoms with E-state index in [0.717, 1.165) is 43.2 Å². The number of aromatic nitrogens is 1. The molecule has 0 radical (unpaired) electrons. The van der Waals surface area contributed by atoms with Crippen molar-refractivity contribution in [3.05, 3.63) is 17.3 Å². The van der Waals surface area contributed by atoms with Crippen LogP contribution in [-0.4, -0.2) is 24.7 Å². The van der Waals surface area contributed by atoms with Crippen molar-refractivity contribution in [3.63, 3.8) is 0 Å². The second-order valence-corrected chi connectivity index (χ2v) is 4.78. The van der Waals surface area contributed by atoms with E-state index in [0.29, 0.717) is 13.2 Å². The molecular weight excluding hydrogens is 204 g/mol. The zero-order valence-corrected chi connectivity index (χ0v) is 10.1. The fourth-order valence-corrected chi connectivity index (χ4v) is 2.02. The van der Waals surface area contributed by atoms with Crippen molar-refractivity contribution >= 4 is 0 Å². The molecule has 4 heteroatoms. The van der Waals surface area contributed by atoms with Crippen LogP contribution >= 0.6 is 0 Å². The van der Waals surface area contributed by atoms with Gasteiger partial charge in [-0.25, -0.2) is 4.98 Å². The number of ether oxygens (including phenoxy) is 1. The van der Waals surface area contributed by atoms with E-state index in [1.165, 1.54) is 0 Å². The van der Waals surface area contributed by atoms with Gasteiger partial charge in [0.2, 0.25) is 5.89 Å². The van der Waals surface area contributed by atoms with E-state index in [9.17, 15) is 0 Å². The van der Waals surface area contributed by atoms with Crippen molar-refractivity contribution in [3.8, 4) is 0 Å². The highest BCUT2D eigenvalue weighted by Crippen LogP contribution is 2.33. The van der Waals surface area contributed by atoms with Gasteiger partial charge in [-0.15, -0.1) is 0 Å². The molecule has 4 nitrogen and oxygen atoms in total. The van der Waals surface area contributed by atoms with E-state index in [4.69, 9.17) is 14.9 Å². The summed E-state index contributed by atoms with van der Waals surface area (Å²) in [6, 6.07) is 0. The van der Waals surface area contributed by atoms with E-state index < -0.39 is 0 Å². The third-order valence-electron chi connectivity index (χ3n) is 3.24. The zero-order chi connectivity index (χ0) is 11.6. The van der Waals surface area contributed by atoms with Crippen LogP contribution in [0.1, 0.15) is 37.1 Å². The Morgan fingerprint density at radius 3 is 2.94 bits per heavy atom. The summed E-state index contributed by atoms with van der Waals surface area (Å²) < 4.78 is 11.3. The first kappa shape index (κ1) is 11.6. The maximum Gasteiger partial charge on any atom is 0.202 e. The number of oxazole rings is 1. The Hall–Kier alpha value is -0.870. The van der Waals surface area contributed by atoms with Gasteiger partial charge in [-0.1, -0.05) is 0 Å². The first-order valence-corrected chi connectivity index (χ1v) is 5.90. The van der Waals surface area contributed by atoms with Gasteiger partial charge in [0.15, 0.2) is 0 Å². The molecule has 1 fully saturated rings. The Kier molecular flexibility index (Phi) is 3.30. The van der Waals surface area contributed by atoms with Crippen molar-refractivity contribution in [1.29, 1.82) is 0 Å². The molecule has 1 unspecified atom stereocenters. The molecule has 1 saturated heterocycles.